The van der Waals surface area contributed by atoms with Crippen molar-refractivity contribution in [2.75, 3.05) is 0 Å². The van der Waals surface area contributed by atoms with Gasteiger partial charge in [-0.1, -0.05) is 24.6 Å². The molecule has 1 unspecified atom stereocenters. The number of hydrogen-bond donors (Lipinski definition) is 1. The van der Waals surface area contributed by atoms with E-state index < -0.39 is 0 Å². The minimum Gasteiger partial charge on any atom is -0.334 e. The molecule has 0 fully saturated rings. The summed E-state index contributed by atoms with van der Waals surface area (Å²) in [5.74, 6) is 1.01. The van der Waals surface area contributed by atoms with E-state index in [0.29, 0.717) is 11.7 Å². The molecule has 0 aliphatic heterocycles. The number of nitrogens with two attached hydrogens (primary N) is 1. The highest BCUT2D eigenvalue weighted by Gasteiger charge is 2.17. The SMILES string of the molecule is CCCC(N)c1noc(-c2cnn3ccccc23)n1. The Balaban J connectivity index is 1.98. The number of fused-ring (bicyclic) bond motifs is 1. The summed E-state index contributed by atoms with van der Waals surface area (Å²) in [4.78, 5) is 4.37. The molecule has 98 valence electrons. The Kier molecular flexibility index (Phi) is 3.00. The van der Waals surface area contributed by atoms with Crippen LogP contribution in [0.4, 0.5) is 0 Å². The fourth-order valence-electron chi connectivity index (χ4n) is 2.03. The van der Waals surface area contributed by atoms with E-state index in [4.69, 9.17) is 10.3 Å². The van der Waals surface area contributed by atoms with Gasteiger partial charge in [0, 0.05) is 6.20 Å². The molecule has 1 atom stereocenters. The predicted molar refractivity (Wildman–Crippen MR) is 70.3 cm³/mol. The molecule has 0 aliphatic carbocycles. The zero-order chi connectivity index (χ0) is 13.2. The van der Waals surface area contributed by atoms with Crippen LogP contribution in [0.1, 0.15) is 31.6 Å². The van der Waals surface area contributed by atoms with Crippen molar-refractivity contribution in [2.45, 2.75) is 25.8 Å². The third kappa shape index (κ3) is 2.10. The highest BCUT2D eigenvalue weighted by molar-refractivity contribution is 5.74. The molecule has 0 amide bonds. The van der Waals surface area contributed by atoms with Crippen LogP contribution in [0, 0.1) is 0 Å². The lowest BCUT2D eigenvalue weighted by Crippen LogP contribution is -2.11. The second-order valence-electron chi connectivity index (χ2n) is 4.44. The summed E-state index contributed by atoms with van der Waals surface area (Å²) < 4.78 is 7.06. The zero-order valence-corrected chi connectivity index (χ0v) is 10.7. The lowest BCUT2D eigenvalue weighted by Gasteiger charge is -2.02. The van der Waals surface area contributed by atoms with E-state index >= 15 is 0 Å². The molecule has 6 heteroatoms. The van der Waals surface area contributed by atoms with Crippen molar-refractivity contribution < 1.29 is 4.52 Å². The zero-order valence-electron chi connectivity index (χ0n) is 10.7. The van der Waals surface area contributed by atoms with E-state index in [-0.39, 0.29) is 6.04 Å². The van der Waals surface area contributed by atoms with Gasteiger partial charge in [0.15, 0.2) is 5.82 Å². The van der Waals surface area contributed by atoms with Gasteiger partial charge in [-0.25, -0.2) is 4.52 Å². The minimum atomic E-state index is -0.177. The monoisotopic (exact) mass is 257 g/mol. The average molecular weight is 257 g/mol. The first-order valence-corrected chi connectivity index (χ1v) is 6.31. The summed E-state index contributed by atoms with van der Waals surface area (Å²) >= 11 is 0. The molecule has 0 radical (unpaired) electrons. The highest BCUT2D eigenvalue weighted by Crippen LogP contribution is 2.24. The highest BCUT2D eigenvalue weighted by atomic mass is 16.5. The Morgan fingerprint density at radius 2 is 2.32 bits per heavy atom. The van der Waals surface area contributed by atoms with E-state index in [1.54, 1.807) is 10.7 Å². The van der Waals surface area contributed by atoms with Crippen LogP contribution in [0.5, 0.6) is 0 Å². The van der Waals surface area contributed by atoms with Gasteiger partial charge in [-0.05, 0) is 18.6 Å². The summed E-state index contributed by atoms with van der Waals surface area (Å²) in [7, 11) is 0. The lowest BCUT2D eigenvalue weighted by molar-refractivity contribution is 0.413. The van der Waals surface area contributed by atoms with Crippen LogP contribution >= 0.6 is 0 Å². The van der Waals surface area contributed by atoms with Crippen LogP contribution < -0.4 is 5.73 Å². The van der Waals surface area contributed by atoms with Gasteiger partial charge < -0.3 is 10.3 Å². The van der Waals surface area contributed by atoms with Crippen molar-refractivity contribution in [3.8, 4) is 11.5 Å². The second kappa shape index (κ2) is 4.81. The molecule has 0 aromatic carbocycles. The van der Waals surface area contributed by atoms with Gasteiger partial charge in [-0.3, -0.25) is 0 Å². The molecule has 0 saturated heterocycles. The van der Waals surface area contributed by atoms with Crippen LogP contribution in [0.2, 0.25) is 0 Å². The van der Waals surface area contributed by atoms with Crippen LogP contribution in [0.25, 0.3) is 17.0 Å². The summed E-state index contributed by atoms with van der Waals surface area (Å²) in [6.07, 6.45) is 5.42. The van der Waals surface area contributed by atoms with E-state index in [2.05, 4.69) is 22.2 Å². The molecular weight excluding hydrogens is 242 g/mol. The Labute approximate surface area is 110 Å². The molecule has 0 aliphatic rings. The Bertz CT molecular complexity index is 687. The fraction of sp³-hybridized carbons (Fsp3) is 0.308. The Morgan fingerprint density at radius 3 is 3.16 bits per heavy atom. The number of rotatable bonds is 4. The normalized spacial score (nSPS) is 12.9. The number of hydrogen-bond acceptors (Lipinski definition) is 5. The quantitative estimate of drug-likeness (QED) is 0.774. The molecule has 0 saturated carbocycles. The van der Waals surface area contributed by atoms with Crippen molar-refractivity contribution >= 4 is 5.52 Å². The molecular formula is C13H15N5O. The van der Waals surface area contributed by atoms with Crippen molar-refractivity contribution in [2.24, 2.45) is 5.73 Å². The fourth-order valence-corrected chi connectivity index (χ4v) is 2.03. The first-order chi connectivity index (χ1) is 9.29. The number of aromatic nitrogens is 4. The van der Waals surface area contributed by atoms with E-state index in [9.17, 15) is 0 Å². The molecule has 0 bridgehead atoms. The first kappa shape index (κ1) is 11.9. The van der Waals surface area contributed by atoms with Gasteiger partial charge in [-0.15, -0.1) is 0 Å². The van der Waals surface area contributed by atoms with Crippen molar-refractivity contribution in [3.63, 3.8) is 0 Å². The van der Waals surface area contributed by atoms with Gasteiger partial charge in [0.05, 0.1) is 23.3 Å². The van der Waals surface area contributed by atoms with Crippen LogP contribution in [0.3, 0.4) is 0 Å². The third-order valence-corrected chi connectivity index (χ3v) is 3.03. The van der Waals surface area contributed by atoms with Gasteiger partial charge in [0.2, 0.25) is 0 Å². The largest absolute Gasteiger partial charge is 0.334 e. The smallest absolute Gasteiger partial charge is 0.261 e. The standard InChI is InChI=1S/C13H15N5O/c1-2-5-10(14)12-16-13(19-17-12)9-8-15-18-7-4-3-6-11(9)18/h3-4,6-8,10H,2,5,14H2,1H3. The predicted octanol–water partition coefficient (Wildman–Crippen LogP) is 2.18. The van der Waals surface area contributed by atoms with Gasteiger partial charge in [0.1, 0.15) is 0 Å². The molecule has 3 rings (SSSR count). The second-order valence-corrected chi connectivity index (χ2v) is 4.44. The molecule has 6 nitrogen and oxygen atoms in total. The van der Waals surface area contributed by atoms with E-state index in [0.717, 1.165) is 23.9 Å². The third-order valence-electron chi connectivity index (χ3n) is 3.03. The molecule has 3 aromatic rings. The van der Waals surface area contributed by atoms with Crippen molar-refractivity contribution in [3.05, 3.63) is 36.4 Å². The topological polar surface area (TPSA) is 82.2 Å². The van der Waals surface area contributed by atoms with E-state index in [1.807, 2.05) is 24.4 Å². The first-order valence-electron chi connectivity index (χ1n) is 6.31. The molecule has 2 N–H and O–H groups in total. The van der Waals surface area contributed by atoms with Gasteiger partial charge in [-0.2, -0.15) is 10.1 Å². The van der Waals surface area contributed by atoms with Crippen LogP contribution in [-0.4, -0.2) is 19.8 Å². The minimum absolute atomic E-state index is 0.177. The van der Waals surface area contributed by atoms with Crippen LogP contribution in [0.15, 0.2) is 35.1 Å². The summed E-state index contributed by atoms with van der Waals surface area (Å²) in [5.41, 5.74) is 7.73. The molecule has 19 heavy (non-hydrogen) atoms. The van der Waals surface area contributed by atoms with E-state index in [1.165, 1.54) is 0 Å². The Hall–Kier alpha value is -2.21. The van der Waals surface area contributed by atoms with Crippen molar-refractivity contribution in [1.29, 1.82) is 0 Å². The molecule has 0 spiro atoms. The maximum Gasteiger partial charge on any atom is 0.261 e. The maximum absolute atomic E-state index is 5.98. The molecule has 3 heterocycles. The molecule has 3 aromatic heterocycles. The lowest BCUT2D eigenvalue weighted by atomic mass is 10.2. The summed E-state index contributed by atoms with van der Waals surface area (Å²) in [5, 5.41) is 8.19. The number of nitrogens with zero attached hydrogens (tertiary/aromatic N) is 4. The van der Waals surface area contributed by atoms with Crippen LogP contribution in [-0.2, 0) is 0 Å². The maximum atomic E-state index is 5.98. The summed E-state index contributed by atoms with van der Waals surface area (Å²) in [6, 6.07) is 5.64. The average Bonchev–Trinajstić information content (AvgIpc) is 3.05. The Morgan fingerprint density at radius 1 is 1.42 bits per heavy atom. The van der Waals surface area contributed by atoms with Gasteiger partial charge in [0.25, 0.3) is 5.89 Å². The summed E-state index contributed by atoms with van der Waals surface area (Å²) in [6.45, 7) is 2.08. The number of pyridine rings is 1. The van der Waals surface area contributed by atoms with Crippen molar-refractivity contribution in [1.82, 2.24) is 19.8 Å². The van der Waals surface area contributed by atoms with Gasteiger partial charge >= 0.3 is 0 Å².